The van der Waals surface area contributed by atoms with Gasteiger partial charge in [0.2, 0.25) is 5.91 Å². The number of ether oxygens (including phenoxy) is 1. The lowest BCUT2D eigenvalue weighted by atomic mass is 10.1. The van der Waals surface area contributed by atoms with E-state index < -0.39 is 0 Å². The molecule has 4 rings (SSSR count). The Labute approximate surface area is 202 Å². The SMILES string of the molecule is CCOc1ccc(CC(=O)N/N=C\c2cn(Cc3ccc(Cl)c(Cl)c3)c3ccccc23)cc1. The van der Waals surface area contributed by atoms with Gasteiger partial charge >= 0.3 is 0 Å². The number of hydrogen-bond acceptors (Lipinski definition) is 3. The van der Waals surface area contributed by atoms with Crippen molar-refractivity contribution in [3.05, 3.63) is 99.7 Å². The molecule has 0 aliphatic carbocycles. The number of nitrogens with one attached hydrogen (secondary N) is 1. The fraction of sp³-hybridized carbons (Fsp3) is 0.154. The molecule has 5 nitrogen and oxygen atoms in total. The van der Waals surface area contributed by atoms with E-state index in [0.29, 0.717) is 23.2 Å². The van der Waals surface area contributed by atoms with Crippen LogP contribution < -0.4 is 10.2 Å². The summed E-state index contributed by atoms with van der Waals surface area (Å²) >= 11 is 12.2. The van der Waals surface area contributed by atoms with Gasteiger partial charge in [-0.1, -0.05) is 59.6 Å². The Morgan fingerprint density at radius 2 is 1.79 bits per heavy atom. The van der Waals surface area contributed by atoms with E-state index in [4.69, 9.17) is 27.9 Å². The minimum Gasteiger partial charge on any atom is -0.494 e. The molecule has 0 fully saturated rings. The lowest BCUT2D eigenvalue weighted by molar-refractivity contribution is -0.120. The lowest BCUT2D eigenvalue weighted by Gasteiger charge is -2.06. The molecule has 0 bridgehead atoms. The molecule has 1 N–H and O–H groups in total. The molecule has 0 aliphatic rings. The first-order chi connectivity index (χ1) is 16.0. The molecule has 0 saturated carbocycles. The van der Waals surface area contributed by atoms with Crippen LogP contribution in [-0.4, -0.2) is 23.3 Å². The van der Waals surface area contributed by atoms with E-state index >= 15 is 0 Å². The minimum absolute atomic E-state index is 0.185. The topological polar surface area (TPSA) is 55.6 Å². The first kappa shape index (κ1) is 22.9. The molecule has 1 amide bonds. The van der Waals surface area contributed by atoms with Gasteiger partial charge in [-0.05, 0) is 48.4 Å². The van der Waals surface area contributed by atoms with Crippen molar-refractivity contribution >= 4 is 46.2 Å². The molecule has 0 atom stereocenters. The molecule has 0 unspecified atom stereocenters. The quantitative estimate of drug-likeness (QED) is 0.245. The van der Waals surface area contributed by atoms with Crippen molar-refractivity contribution in [2.75, 3.05) is 6.61 Å². The third kappa shape index (κ3) is 5.75. The number of aromatic nitrogens is 1. The zero-order valence-corrected chi connectivity index (χ0v) is 19.6. The predicted molar refractivity (Wildman–Crippen MR) is 135 cm³/mol. The summed E-state index contributed by atoms with van der Waals surface area (Å²) in [5, 5.41) is 6.29. The molecular formula is C26H23Cl2N3O2. The standard InChI is InChI=1S/C26H23Cl2N3O2/c1-2-33-21-10-7-18(8-11-21)14-26(32)30-29-15-20-17-31(25-6-4-3-5-22(20)25)16-19-9-12-23(27)24(28)13-19/h3-13,15,17H,2,14,16H2,1H3,(H,30,32)/b29-15-. The second-order valence-corrected chi connectivity index (χ2v) is 8.34. The summed E-state index contributed by atoms with van der Waals surface area (Å²) in [4.78, 5) is 12.3. The van der Waals surface area contributed by atoms with Gasteiger partial charge < -0.3 is 9.30 Å². The van der Waals surface area contributed by atoms with Gasteiger partial charge in [-0.25, -0.2) is 5.43 Å². The van der Waals surface area contributed by atoms with Crippen LogP contribution >= 0.6 is 23.2 Å². The number of carbonyl (C=O) groups is 1. The number of fused-ring (bicyclic) bond motifs is 1. The van der Waals surface area contributed by atoms with E-state index in [1.54, 1.807) is 12.3 Å². The molecule has 4 aromatic rings. The number of nitrogens with zero attached hydrogens (tertiary/aromatic N) is 2. The molecule has 1 heterocycles. The number of carbonyl (C=O) groups excluding carboxylic acids is 1. The van der Waals surface area contributed by atoms with Crippen LogP contribution in [0.25, 0.3) is 10.9 Å². The predicted octanol–water partition coefficient (Wildman–Crippen LogP) is 6.09. The molecule has 0 saturated heterocycles. The zero-order valence-electron chi connectivity index (χ0n) is 18.1. The fourth-order valence-corrected chi connectivity index (χ4v) is 3.93. The second kappa shape index (κ2) is 10.6. The number of hydrazone groups is 1. The summed E-state index contributed by atoms with van der Waals surface area (Å²) in [5.74, 6) is 0.604. The van der Waals surface area contributed by atoms with E-state index in [-0.39, 0.29) is 12.3 Å². The highest BCUT2D eigenvalue weighted by molar-refractivity contribution is 6.42. The van der Waals surface area contributed by atoms with Crippen LogP contribution in [0.1, 0.15) is 23.6 Å². The van der Waals surface area contributed by atoms with Crippen molar-refractivity contribution in [3.8, 4) is 5.75 Å². The molecule has 0 aliphatic heterocycles. The number of para-hydroxylation sites is 1. The van der Waals surface area contributed by atoms with Crippen LogP contribution in [0.15, 0.2) is 78.0 Å². The fourth-order valence-electron chi connectivity index (χ4n) is 3.61. The van der Waals surface area contributed by atoms with E-state index in [2.05, 4.69) is 21.2 Å². The Morgan fingerprint density at radius 3 is 2.55 bits per heavy atom. The number of benzene rings is 3. The van der Waals surface area contributed by atoms with Gasteiger partial charge in [-0.3, -0.25) is 4.79 Å². The van der Waals surface area contributed by atoms with Crippen LogP contribution in [0, 0.1) is 0 Å². The molecule has 168 valence electrons. The summed E-state index contributed by atoms with van der Waals surface area (Å²) in [6, 6.07) is 21.2. The maximum Gasteiger partial charge on any atom is 0.244 e. The molecule has 33 heavy (non-hydrogen) atoms. The van der Waals surface area contributed by atoms with Gasteiger partial charge in [0.1, 0.15) is 5.75 Å². The number of rotatable bonds is 8. The zero-order chi connectivity index (χ0) is 23.2. The van der Waals surface area contributed by atoms with Crippen LogP contribution in [0.4, 0.5) is 0 Å². The average molecular weight is 480 g/mol. The molecule has 0 spiro atoms. The summed E-state index contributed by atoms with van der Waals surface area (Å²) in [5.41, 5.74) is 6.52. The Kier molecular flexibility index (Phi) is 7.33. The highest BCUT2D eigenvalue weighted by Crippen LogP contribution is 2.25. The first-order valence-corrected chi connectivity index (χ1v) is 11.3. The highest BCUT2D eigenvalue weighted by Gasteiger charge is 2.09. The van der Waals surface area contributed by atoms with Gasteiger partial charge in [0.25, 0.3) is 0 Å². The van der Waals surface area contributed by atoms with Crippen molar-refractivity contribution in [2.45, 2.75) is 19.9 Å². The van der Waals surface area contributed by atoms with E-state index in [1.165, 1.54) is 0 Å². The van der Waals surface area contributed by atoms with E-state index in [1.807, 2.05) is 67.7 Å². The monoisotopic (exact) mass is 479 g/mol. The first-order valence-electron chi connectivity index (χ1n) is 10.6. The summed E-state index contributed by atoms with van der Waals surface area (Å²) in [6.07, 6.45) is 3.92. The van der Waals surface area contributed by atoms with E-state index in [9.17, 15) is 4.79 Å². The normalized spacial score (nSPS) is 11.2. The number of hydrogen-bond donors (Lipinski definition) is 1. The summed E-state index contributed by atoms with van der Waals surface area (Å²) < 4.78 is 7.55. The third-order valence-electron chi connectivity index (χ3n) is 5.15. The van der Waals surface area contributed by atoms with E-state index in [0.717, 1.165) is 33.3 Å². The molecule has 1 aromatic heterocycles. The molecular weight excluding hydrogens is 457 g/mol. The minimum atomic E-state index is -0.185. The Hall–Kier alpha value is -3.28. The van der Waals surface area contributed by atoms with Gasteiger partial charge in [0, 0.05) is 29.2 Å². The largest absolute Gasteiger partial charge is 0.494 e. The van der Waals surface area contributed by atoms with Crippen molar-refractivity contribution in [1.29, 1.82) is 0 Å². The second-order valence-electron chi connectivity index (χ2n) is 7.52. The third-order valence-corrected chi connectivity index (χ3v) is 5.89. The molecule has 3 aromatic carbocycles. The Balaban J connectivity index is 1.45. The molecule has 7 heteroatoms. The van der Waals surface area contributed by atoms with Gasteiger partial charge in [-0.2, -0.15) is 5.10 Å². The van der Waals surface area contributed by atoms with Crippen LogP contribution in [0.5, 0.6) is 5.75 Å². The number of amides is 1. The van der Waals surface area contributed by atoms with Crippen molar-refractivity contribution in [1.82, 2.24) is 9.99 Å². The van der Waals surface area contributed by atoms with Crippen molar-refractivity contribution in [3.63, 3.8) is 0 Å². The van der Waals surface area contributed by atoms with Crippen LogP contribution in [0.2, 0.25) is 10.0 Å². The Morgan fingerprint density at radius 1 is 1.03 bits per heavy atom. The molecule has 0 radical (unpaired) electrons. The Bertz CT molecular complexity index is 1300. The van der Waals surface area contributed by atoms with Gasteiger partial charge in [0.15, 0.2) is 0 Å². The van der Waals surface area contributed by atoms with Gasteiger partial charge in [0.05, 0.1) is 29.3 Å². The van der Waals surface area contributed by atoms with Crippen molar-refractivity contribution in [2.24, 2.45) is 5.10 Å². The smallest absolute Gasteiger partial charge is 0.244 e. The number of halogens is 2. The van der Waals surface area contributed by atoms with Crippen LogP contribution in [0.3, 0.4) is 0 Å². The van der Waals surface area contributed by atoms with Gasteiger partial charge in [-0.15, -0.1) is 0 Å². The van der Waals surface area contributed by atoms with Crippen LogP contribution in [-0.2, 0) is 17.8 Å². The van der Waals surface area contributed by atoms with Crippen molar-refractivity contribution < 1.29 is 9.53 Å². The maximum atomic E-state index is 12.3. The maximum absolute atomic E-state index is 12.3. The summed E-state index contributed by atoms with van der Waals surface area (Å²) in [7, 11) is 0. The lowest BCUT2D eigenvalue weighted by Crippen LogP contribution is -2.19. The average Bonchev–Trinajstić information content (AvgIpc) is 3.15. The highest BCUT2D eigenvalue weighted by atomic mass is 35.5. The summed E-state index contributed by atoms with van der Waals surface area (Å²) in [6.45, 7) is 3.18.